The summed E-state index contributed by atoms with van der Waals surface area (Å²) >= 11 is 0. The van der Waals surface area contributed by atoms with Gasteiger partial charge in [0.25, 0.3) is 11.8 Å². The van der Waals surface area contributed by atoms with E-state index < -0.39 is 0 Å². The molecule has 1 aliphatic carbocycles. The number of aryl methyl sites for hydroxylation is 1. The fourth-order valence-corrected chi connectivity index (χ4v) is 3.93. The standard InChI is InChI=1S/C21H32N4O2/c1-3-17-6-4-5-7-19(17)23-21(27)15-25-12-10-24(11-13-25)14-20(26)22-16(2)18-8-9-18/h4-7,16,18H,3,8-15H2,1-2H3,(H,22,26)(H,23,27)/p+2/t16-/m1/s1. The Hall–Kier alpha value is -1.92. The van der Waals surface area contributed by atoms with Gasteiger partial charge in [-0.15, -0.1) is 0 Å². The van der Waals surface area contributed by atoms with Crippen LogP contribution in [0.4, 0.5) is 5.69 Å². The lowest BCUT2D eigenvalue weighted by Gasteiger charge is -2.29. The van der Waals surface area contributed by atoms with Gasteiger partial charge >= 0.3 is 0 Å². The Bertz CT molecular complexity index is 651. The lowest BCUT2D eigenvalue weighted by molar-refractivity contribution is -1.00. The Labute approximate surface area is 162 Å². The first-order valence-electron chi connectivity index (χ1n) is 10.4. The number of para-hydroxylation sites is 1. The van der Waals surface area contributed by atoms with Crippen LogP contribution in [0.5, 0.6) is 0 Å². The van der Waals surface area contributed by atoms with Crippen LogP contribution < -0.4 is 20.4 Å². The van der Waals surface area contributed by atoms with Gasteiger partial charge in [0.05, 0.1) is 0 Å². The molecule has 1 heterocycles. The lowest BCUT2D eigenvalue weighted by Crippen LogP contribution is -3.28. The molecular formula is C21H34N4O2+2. The first-order chi connectivity index (χ1) is 13.0. The molecular weight excluding hydrogens is 340 g/mol. The molecule has 1 saturated carbocycles. The van der Waals surface area contributed by atoms with Gasteiger partial charge in [0, 0.05) is 11.7 Å². The van der Waals surface area contributed by atoms with Crippen LogP contribution in [0.2, 0.25) is 0 Å². The van der Waals surface area contributed by atoms with Crippen LogP contribution in [0.25, 0.3) is 0 Å². The van der Waals surface area contributed by atoms with E-state index in [1.165, 1.54) is 28.2 Å². The van der Waals surface area contributed by atoms with Gasteiger partial charge < -0.3 is 20.4 Å². The number of benzene rings is 1. The van der Waals surface area contributed by atoms with Crippen molar-refractivity contribution in [1.82, 2.24) is 5.32 Å². The van der Waals surface area contributed by atoms with Gasteiger partial charge in [0.2, 0.25) is 0 Å². The second kappa shape index (κ2) is 9.33. The van der Waals surface area contributed by atoms with Crippen LogP contribution in [-0.2, 0) is 16.0 Å². The molecule has 1 aromatic carbocycles. The molecule has 27 heavy (non-hydrogen) atoms. The average Bonchev–Trinajstić information content (AvgIpc) is 3.49. The fourth-order valence-electron chi connectivity index (χ4n) is 3.93. The van der Waals surface area contributed by atoms with E-state index in [9.17, 15) is 9.59 Å². The molecule has 4 N–H and O–H groups in total. The number of carbonyl (C=O) groups is 2. The average molecular weight is 375 g/mol. The predicted molar refractivity (Wildman–Crippen MR) is 106 cm³/mol. The Kier molecular flexibility index (Phi) is 6.85. The van der Waals surface area contributed by atoms with Crippen LogP contribution in [-0.4, -0.2) is 57.1 Å². The van der Waals surface area contributed by atoms with Crippen molar-refractivity contribution >= 4 is 17.5 Å². The third-order valence-electron chi connectivity index (χ3n) is 5.88. The van der Waals surface area contributed by atoms with E-state index in [2.05, 4.69) is 30.5 Å². The van der Waals surface area contributed by atoms with Crippen molar-refractivity contribution in [2.75, 3.05) is 44.6 Å². The van der Waals surface area contributed by atoms with Crippen molar-refractivity contribution in [3.8, 4) is 0 Å². The van der Waals surface area contributed by atoms with Crippen molar-refractivity contribution in [3.63, 3.8) is 0 Å². The molecule has 1 saturated heterocycles. The van der Waals surface area contributed by atoms with Crippen molar-refractivity contribution in [2.45, 2.75) is 39.2 Å². The number of nitrogens with one attached hydrogen (secondary N) is 4. The van der Waals surface area contributed by atoms with E-state index in [0.29, 0.717) is 25.0 Å². The van der Waals surface area contributed by atoms with Crippen LogP contribution in [0.3, 0.4) is 0 Å². The summed E-state index contributed by atoms with van der Waals surface area (Å²) in [5, 5.41) is 6.20. The minimum absolute atomic E-state index is 0.0744. The van der Waals surface area contributed by atoms with Crippen molar-refractivity contribution in [2.24, 2.45) is 5.92 Å². The smallest absolute Gasteiger partial charge is 0.279 e. The topological polar surface area (TPSA) is 67.1 Å². The summed E-state index contributed by atoms with van der Waals surface area (Å²) in [7, 11) is 0. The summed E-state index contributed by atoms with van der Waals surface area (Å²) in [4.78, 5) is 27.2. The van der Waals surface area contributed by atoms with Gasteiger partial charge in [-0.05, 0) is 43.7 Å². The molecule has 3 rings (SSSR count). The third kappa shape index (κ3) is 6.04. The van der Waals surface area contributed by atoms with Crippen LogP contribution in [0.1, 0.15) is 32.3 Å². The number of piperazine rings is 1. The SMILES string of the molecule is CCc1ccccc1NC(=O)C[NH+]1CC[NH+](CC(=O)N[C@H](C)C2CC2)CC1. The van der Waals surface area contributed by atoms with Gasteiger partial charge in [0.1, 0.15) is 26.2 Å². The molecule has 6 heteroatoms. The van der Waals surface area contributed by atoms with Crippen molar-refractivity contribution in [3.05, 3.63) is 29.8 Å². The second-order valence-electron chi connectivity index (χ2n) is 8.11. The summed E-state index contributed by atoms with van der Waals surface area (Å²) in [5.41, 5.74) is 2.09. The zero-order valence-corrected chi connectivity index (χ0v) is 16.6. The van der Waals surface area contributed by atoms with E-state index in [1.807, 2.05) is 18.2 Å². The monoisotopic (exact) mass is 374 g/mol. The highest BCUT2D eigenvalue weighted by atomic mass is 16.2. The largest absolute Gasteiger partial charge is 0.348 e. The highest BCUT2D eigenvalue weighted by Crippen LogP contribution is 2.32. The quantitative estimate of drug-likeness (QED) is 0.466. The molecule has 1 atom stereocenters. The molecule has 1 aromatic rings. The lowest BCUT2D eigenvalue weighted by atomic mass is 10.1. The molecule has 2 aliphatic rings. The van der Waals surface area contributed by atoms with E-state index in [4.69, 9.17) is 0 Å². The molecule has 6 nitrogen and oxygen atoms in total. The molecule has 0 radical (unpaired) electrons. The van der Waals surface area contributed by atoms with Gasteiger partial charge in [0.15, 0.2) is 13.1 Å². The minimum Gasteiger partial charge on any atom is -0.348 e. The van der Waals surface area contributed by atoms with Gasteiger partial charge in [-0.1, -0.05) is 25.1 Å². The summed E-state index contributed by atoms with van der Waals surface area (Å²) in [6.45, 7) is 9.02. The number of hydrogen-bond donors (Lipinski definition) is 4. The number of anilines is 1. The van der Waals surface area contributed by atoms with Crippen LogP contribution >= 0.6 is 0 Å². The summed E-state index contributed by atoms with van der Waals surface area (Å²) in [6.07, 6.45) is 3.41. The Morgan fingerprint density at radius 1 is 1.04 bits per heavy atom. The number of amides is 2. The molecule has 2 fully saturated rings. The van der Waals surface area contributed by atoms with E-state index in [1.54, 1.807) is 0 Å². The zero-order valence-electron chi connectivity index (χ0n) is 16.6. The van der Waals surface area contributed by atoms with E-state index in [-0.39, 0.29) is 11.8 Å². The Morgan fingerprint density at radius 2 is 1.63 bits per heavy atom. The summed E-state index contributed by atoms with van der Waals surface area (Å²) < 4.78 is 0. The number of quaternary nitrogens is 2. The number of carbonyl (C=O) groups excluding carboxylic acids is 2. The zero-order chi connectivity index (χ0) is 19.2. The normalized spacial score (nSPS) is 23.5. The Morgan fingerprint density at radius 3 is 2.22 bits per heavy atom. The molecule has 2 amide bonds. The maximum absolute atomic E-state index is 12.4. The highest BCUT2D eigenvalue weighted by Gasteiger charge is 2.31. The molecule has 0 bridgehead atoms. The van der Waals surface area contributed by atoms with Gasteiger partial charge in [-0.3, -0.25) is 9.59 Å². The maximum Gasteiger partial charge on any atom is 0.279 e. The molecule has 148 valence electrons. The number of rotatable bonds is 8. The Balaban J connectivity index is 1.37. The minimum atomic E-state index is 0.0744. The van der Waals surface area contributed by atoms with Crippen LogP contribution in [0.15, 0.2) is 24.3 Å². The van der Waals surface area contributed by atoms with E-state index >= 15 is 0 Å². The first kappa shape index (κ1) is 19.8. The predicted octanol–water partition coefficient (Wildman–Crippen LogP) is -1.11. The summed E-state index contributed by atoms with van der Waals surface area (Å²) in [6, 6.07) is 8.30. The molecule has 0 aromatic heterocycles. The van der Waals surface area contributed by atoms with Crippen molar-refractivity contribution < 1.29 is 19.4 Å². The van der Waals surface area contributed by atoms with Gasteiger partial charge in [-0.25, -0.2) is 0 Å². The first-order valence-corrected chi connectivity index (χ1v) is 10.4. The molecule has 0 unspecified atom stereocenters. The molecule has 0 spiro atoms. The molecule has 1 aliphatic heterocycles. The number of hydrogen-bond acceptors (Lipinski definition) is 2. The highest BCUT2D eigenvalue weighted by molar-refractivity contribution is 5.92. The van der Waals surface area contributed by atoms with Crippen LogP contribution in [0, 0.1) is 5.92 Å². The summed E-state index contributed by atoms with van der Waals surface area (Å²) in [5.74, 6) is 0.939. The fraction of sp³-hybridized carbons (Fsp3) is 0.619. The van der Waals surface area contributed by atoms with Crippen molar-refractivity contribution in [1.29, 1.82) is 0 Å². The second-order valence-corrected chi connectivity index (χ2v) is 8.11. The third-order valence-corrected chi connectivity index (χ3v) is 5.88. The van der Waals surface area contributed by atoms with Gasteiger partial charge in [-0.2, -0.15) is 0 Å². The van der Waals surface area contributed by atoms with E-state index in [0.717, 1.165) is 38.3 Å². The maximum atomic E-state index is 12.4.